The number of nitrogens with two attached hydrogens (primary N) is 1. The van der Waals surface area contributed by atoms with Gasteiger partial charge in [-0.3, -0.25) is 14.4 Å². The largest absolute Gasteiger partial charge is 0.457 e. The average molecular weight is 225 g/mol. The Bertz CT molecular complexity index is 396. The van der Waals surface area contributed by atoms with E-state index in [4.69, 9.17) is 14.9 Å². The van der Waals surface area contributed by atoms with Crippen molar-refractivity contribution >= 4 is 18.2 Å². The Morgan fingerprint density at radius 1 is 1.38 bits per heavy atom. The van der Waals surface area contributed by atoms with Crippen LogP contribution in [0.15, 0.2) is 16.5 Å². The summed E-state index contributed by atoms with van der Waals surface area (Å²) in [6, 6.07) is 3.00. The number of esters is 1. The second-order valence-electron chi connectivity index (χ2n) is 3.05. The molecule has 0 spiro atoms. The molecule has 0 saturated carbocycles. The molecule has 6 heteroatoms. The molecular formula is C10H11NO5. The zero-order valence-corrected chi connectivity index (χ0v) is 8.47. The van der Waals surface area contributed by atoms with Crippen LogP contribution in [-0.4, -0.2) is 18.2 Å². The van der Waals surface area contributed by atoms with Crippen molar-refractivity contribution in [1.82, 2.24) is 0 Å². The Morgan fingerprint density at radius 2 is 2.12 bits per heavy atom. The Hall–Kier alpha value is -2.11. The highest BCUT2D eigenvalue weighted by Gasteiger charge is 2.07. The van der Waals surface area contributed by atoms with Crippen LogP contribution in [0.5, 0.6) is 0 Å². The molecule has 1 heterocycles. The van der Waals surface area contributed by atoms with Gasteiger partial charge in [0, 0.05) is 6.42 Å². The fourth-order valence-corrected chi connectivity index (χ4v) is 0.984. The van der Waals surface area contributed by atoms with Gasteiger partial charge in [0.15, 0.2) is 12.0 Å². The van der Waals surface area contributed by atoms with Gasteiger partial charge in [-0.25, -0.2) is 0 Å². The molecule has 6 nitrogen and oxygen atoms in total. The van der Waals surface area contributed by atoms with Crippen LogP contribution in [0, 0.1) is 0 Å². The SMILES string of the molecule is NC(=O)CCC(=O)OCc1ccc(C=O)o1. The molecule has 0 atom stereocenters. The molecule has 0 saturated heterocycles. The third kappa shape index (κ3) is 3.95. The van der Waals surface area contributed by atoms with E-state index in [0.29, 0.717) is 12.0 Å². The number of hydrogen-bond acceptors (Lipinski definition) is 5. The molecule has 86 valence electrons. The van der Waals surface area contributed by atoms with E-state index in [9.17, 15) is 14.4 Å². The second kappa shape index (κ2) is 5.69. The normalized spacial score (nSPS) is 9.75. The van der Waals surface area contributed by atoms with Gasteiger partial charge in [-0.1, -0.05) is 0 Å². The van der Waals surface area contributed by atoms with Crippen LogP contribution in [0.3, 0.4) is 0 Å². The molecular weight excluding hydrogens is 214 g/mol. The first kappa shape index (κ1) is 12.0. The van der Waals surface area contributed by atoms with Crippen molar-refractivity contribution in [2.75, 3.05) is 0 Å². The maximum absolute atomic E-state index is 11.1. The Kier molecular flexibility index (Phi) is 4.26. The molecule has 1 amide bonds. The molecule has 1 aromatic rings. The quantitative estimate of drug-likeness (QED) is 0.558. The third-order valence-corrected chi connectivity index (χ3v) is 1.75. The lowest BCUT2D eigenvalue weighted by molar-refractivity contribution is -0.146. The van der Waals surface area contributed by atoms with E-state index in [1.165, 1.54) is 12.1 Å². The molecule has 1 rings (SSSR count). The Balaban J connectivity index is 2.31. The summed E-state index contributed by atoms with van der Waals surface area (Å²) in [5, 5.41) is 0. The van der Waals surface area contributed by atoms with Gasteiger partial charge in [-0.05, 0) is 12.1 Å². The maximum Gasteiger partial charge on any atom is 0.306 e. The summed E-state index contributed by atoms with van der Waals surface area (Å²) in [5.41, 5.74) is 4.87. The van der Waals surface area contributed by atoms with Crippen LogP contribution in [0.2, 0.25) is 0 Å². The molecule has 0 unspecified atom stereocenters. The molecule has 1 aromatic heterocycles. The van der Waals surface area contributed by atoms with Crippen molar-refractivity contribution in [3.63, 3.8) is 0 Å². The molecule has 0 aliphatic heterocycles. The fraction of sp³-hybridized carbons (Fsp3) is 0.300. The summed E-state index contributed by atoms with van der Waals surface area (Å²) in [5.74, 6) is -0.557. The summed E-state index contributed by atoms with van der Waals surface area (Å²) >= 11 is 0. The van der Waals surface area contributed by atoms with Crippen LogP contribution in [0.4, 0.5) is 0 Å². The number of hydrogen-bond donors (Lipinski definition) is 1. The number of carbonyl (C=O) groups excluding carboxylic acids is 3. The zero-order valence-electron chi connectivity index (χ0n) is 8.47. The first-order valence-corrected chi connectivity index (χ1v) is 4.59. The molecule has 0 aliphatic carbocycles. The summed E-state index contributed by atoms with van der Waals surface area (Å²) in [7, 11) is 0. The maximum atomic E-state index is 11.1. The van der Waals surface area contributed by atoms with Crippen LogP contribution in [0.25, 0.3) is 0 Å². The summed E-state index contributed by atoms with van der Waals surface area (Å²) in [6.45, 7) is -0.0641. The van der Waals surface area contributed by atoms with Crippen molar-refractivity contribution in [3.05, 3.63) is 23.7 Å². The summed E-state index contributed by atoms with van der Waals surface area (Å²) in [6.07, 6.45) is 0.450. The molecule has 0 fully saturated rings. The number of ether oxygens (including phenoxy) is 1. The van der Waals surface area contributed by atoms with Crippen LogP contribution < -0.4 is 5.73 Å². The van der Waals surface area contributed by atoms with Crippen molar-refractivity contribution < 1.29 is 23.5 Å². The van der Waals surface area contributed by atoms with Gasteiger partial charge in [0.2, 0.25) is 5.91 Å². The summed E-state index contributed by atoms with van der Waals surface area (Å²) < 4.78 is 9.75. The highest BCUT2D eigenvalue weighted by Crippen LogP contribution is 2.07. The topological polar surface area (TPSA) is 99.6 Å². The van der Waals surface area contributed by atoms with E-state index in [-0.39, 0.29) is 25.2 Å². The van der Waals surface area contributed by atoms with E-state index < -0.39 is 11.9 Å². The van der Waals surface area contributed by atoms with Gasteiger partial charge in [-0.15, -0.1) is 0 Å². The van der Waals surface area contributed by atoms with Gasteiger partial charge < -0.3 is 14.9 Å². The highest BCUT2D eigenvalue weighted by molar-refractivity contribution is 5.79. The van der Waals surface area contributed by atoms with Crippen molar-refractivity contribution in [3.8, 4) is 0 Å². The minimum atomic E-state index is -0.557. The second-order valence-corrected chi connectivity index (χ2v) is 3.05. The van der Waals surface area contributed by atoms with Crippen LogP contribution >= 0.6 is 0 Å². The Morgan fingerprint density at radius 3 is 2.69 bits per heavy atom. The minimum absolute atomic E-state index is 0.0451. The lowest BCUT2D eigenvalue weighted by atomic mass is 10.3. The number of rotatable bonds is 6. The molecule has 0 radical (unpaired) electrons. The number of amides is 1. The lowest BCUT2D eigenvalue weighted by Crippen LogP contribution is -2.13. The molecule has 16 heavy (non-hydrogen) atoms. The van der Waals surface area contributed by atoms with Gasteiger partial charge in [0.25, 0.3) is 0 Å². The van der Waals surface area contributed by atoms with E-state index in [2.05, 4.69) is 0 Å². The van der Waals surface area contributed by atoms with E-state index in [0.717, 1.165) is 0 Å². The molecule has 0 aliphatic rings. The van der Waals surface area contributed by atoms with Gasteiger partial charge in [-0.2, -0.15) is 0 Å². The van der Waals surface area contributed by atoms with E-state index in [1.807, 2.05) is 0 Å². The predicted octanol–water partition coefficient (Wildman–Crippen LogP) is 0.401. The molecule has 0 aromatic carbocycles. The van der Waals surface area contributed by atoms with E-state index in [1.54, 1.807) is 0 Å². The monoisotopic (exact) mass is 225 g/mol. The van der Waals surface area contributed by atoms with Crippen molar-refractivity contribution in [1.29, 1.82) is 0 Å². The number of aldehydes is 1. The number of furan rings is 1. The van der Waals surface area contributed by atoms with Crippen molar-refractivity contribution in [2.24, 2.45) is 5.73 Å². The number of carbonyl (C=O) groups is 3. The Labute approximate surface area is 91.4 Å². The minimum Gasteiger partial charge on any atom is -0.457 e. The smallest absolute Gasteiger partial charge is 0.306 e. The molecule has 0 bridgehead atoms. The summed E-state index contributed by atoms with van der Waals surface area (Å²) in [4.78, 5) is 31.7. The standard InChI is InChI=1S/C10H11NO5/c11-9(13)3-4-10(14)15-6-8-2-1-7(5-12)16-8/h1-2,5H,3-4,6H2,(H2,11,13). The van der Waals surface area contributed by atoms with Gasteiger partial charge in [0.05, 0.1) is 6.42 Å². The first-order valence-electron chi connectivity index (χ1n) is 4.59. The lowest BCUT2D eigenvalue weighted by Gasteiger charge is -2.00. The fourth-order valence-electron chi connectivity index (χ4n) is 0.984. The predicted molar refractivity (Wildman–Crippen MR) is 52.3 cm³/mol. The first-order chi connectivity index (χ1) is 7.61. The van der Waals surface area contributed by atoms with Crippen LogP contribution in [0.1, 0.15) is 29.2 Å². The van der Waals surface area contributed by atoms with Gasteiger partial charge in [0.1, 0.15) is 12.4 Å². The third-order valence-electron chi connectivity index (χ3n) is 1.75. The van der Waals surface area contributed by atoms with Crippen molar-refractivity contribution in [2.45, 2.75) is 19.4 Å². The van der Waals surface area contributed by atoms with Gasteiger partial charge >= 0.3 is 5.97 Å². The highest BCUT2D eigenvalue weighted by atomic mass is 16.5. The van der Waals surface area contributed by atoms with Crippen LogP contribution in [-0.2, 0) is 20.9 Å². The van der Waals surface area contributed by atoms with E-state index >= 15 is 0 Å². The molecule has 2 N–H and O–H groups in total. The zero-order chi connectivity index (χ0) is 12.0. The number of primary amides is 1. The average Bonchev–Trinajstić information content (AvgIpc) is 2.71.